The van der Waals surface area contributed by atoms with Crippen molar-refractivity contribution in [2.75, 3.05) is 25.5 Å². The number of rotatable bonds is 6. The Morgan fingerprint density at radius 2 is 1.90 bits per heavy atom. The molecule has 1 N–H and O–H groups in total. The molecule has 0 saturated heterocycles. The van der Waals surface area contributed by atoms with Gasteiger partial charge in [-0.15, -0.1) is 0 Å². The van der Waals surface area contributed by atoms with E-state index in [1.807, 2.05) is 42.5 Å². The molecule has 2 heterocycles. The molecule has 0 spiro atoms. The number of aromatic nitrogens is 1. The average Bonchev–Trinajstić information content (AvgIpc) is 2.76. The molecule has 0 fully saturated rings. The molecule has 4 rings (SSSR count). The molecule has 3 aromatic rings. The van der Waals surface area contributed by atoms with Crippen molar-refractivity contribution >= 4 is 28.6 Å². The van der Waals surface area contributed by atoms with E-state index in [1.165, 1.54) is 17.3 Å². The van der Waals surface area contributed by atoms with Crippen LogP contribution < -0.4 is 14.8 Å². The molecular weight excluding hydrogens is 386 g/mol. The smallest absolute Gasteiger partial charge is 0.230 e. The summed E-state index contributed by atoms with van der Waals surface area (Å²) in [5.74, 6) is 1.43. The van der Waals surface area contributed by atoms with Crippen LogP contribution in [0.5, 0.6) is 11.5 Å². The number of thioether (sulfide) groups is 1. The van der Waals surface area contributed by atoms with Gasteiger partial charge in [0.05, 0.1) is 16.8 Å². The molecule has 6 nitrogen and oxygen atoms in total. The molecule has 7 heteroatoms. The Bertz CT molecular complexity index is 1080. The van der Waals surface area contributed by atoms with Crippen LogP contribution in [0.15, 0.2) is 53.6 Å². The SMILES string of the molecule is N#Cc1cc2cc3c(cc2nc1SCC(=O)NCCc1ccccc1)OCCO3. The number of carbonyl (C=O) groups excluding carboxylic acids is 1. The van der Waals surface area contributed by atoms with Gasteiger partial charge in [0, 0.05) is 18.0 Å². The van der Waals surface area contributed by atoms with Crippen molar-refractivity contribution in [3.05, 3.63) is 59.7 Å². The molecule has 2 aromatic carbocycles. The van der Waals surface area contributed by atoms with Gasteiger partial charge < -0.3 is 14.8 Å². The molecule has 146 valence electrons. The minimum Gasteiger partial charge on any atom is -0.486 e. The number of hydrogen-bond acceptors (Lipinski definition) is 6. The van der Waals surface area contributed by atoms with Crippen molar-refractivity contribution in [2.45, 2.75) is 11.4 Å². The fourth-order valence-electron chi connectivity index (χ4n) is 3.06. The van der Waals surface area contributed by atoms with Crippen molar-refractivity contribution in [3.8, 4) is 17.6 Å². The van der Waals surface area contributed by atoms with E-state index in [-0.39, 0.29) is 11.7 Å². The number of amides is 1. The van der Waals surface area contributed by atoms with Gasteiger partial charge in [0.1, 0.15) is 24.3 Å². The van der Waals surface area contributed by atoms with E-state index in [2.05, 4.69) is 16.4 Å². The number of ether oxygens (including phenoxy) is 2. The normalized spacial score (nSPS) is 12.4. The maximum absolute atomic E-state index is 12.2. The Hall–Kier alpha value is -3.24. The Morgan fingerprint density at radius 3 is 2.66 bits per heavy atom. The van der Waals surface area contributed by atoms with Crippen LogP contribution in [0.2, 0.25) is 0 Å². The van der Waals surface area contributed by atoms with E-state index in [0.29, 0.717) is 47.4 Å². The fourth-order valence-corrected chi connectivity index (χ4v) is 3.85. The molecular formula is C22H19N3O3S. The number of nitriles is 1. The minimum absolute atomic E-state index is 0.0844. The van der Waals surface area contributed by atoms with Gasteiger partial charge in [-0.1, -0.05) is 42.1 Å². The van der Waals surface area contributed by atoms with E-state index in [1.54, 1.807) is 6.07 Å². The van der Waals surface area contributed by atoms with Crippen LogP contribution in [-0.4, -0.2) is 36.4 Å². The largest absolute Gasteiger partial charge is 0.486 e. The topological polar surface area (TPSA) is 84.2 Å². The predicted molar refractivity (Wildman–Crippen MR) is 111 cm³/mol. The first-order valence-electron chi connectivity index (χ1n) is 9.31. The summed E-state index contributed by atoms with van der Waals surface area (Å²) in [5, 5.41) is 13.7. The predicted octanol–water partition coefficient (Wildman–Crippen LogP) is 3.33. The second-order valence-corrected chi connectivity index (χ2v) is 7.48. The summed E-state index contributed by atoms with van der Waals surface area (Å²) in [6.07, 6.45) is 0.780. The summed E-state index contributed by atoms with van der Waals surface area (Å²) in [5.41, 5.74) is 2.33. The van der Waals surface area contributed by atoms with Gasteiger partial charge in [-0.25, -0.2) is 4.98 Å². The van der Waals surface area contributed by atoms with Gasteiger partial charge in [0.15, 0.2) is 11.5 Å². The van der Waals surface area contributed by atoms with E-state index in [9.17, 15) is 10.1 Å². The summed E-state index contributed by atoms with van der Waals surface area (Å²) in [6, 6.07) is 17.6. The van der Waals surface area contributed by atoms with Crippen LogP contribution >= 0.6 is 11.8 Å². The molecule has 0 aliphatic carbocycles. The van der Waals surface area contributed by atoms with Crippen LogP contribution in [0.1, 0.15) is 11.1 Å². The second kappa shape index (κ2) is 8.84. The lowest BCUT2D eigenvalue weighted by Crippen LogP contribution is -2.27. The third kappa shape index (κ3) is 4.61. The van der Waals surface area contributed by atoms with E-state index in [0.717, 1.165) is 11.8 Å². The van der Waals surface area contributed by atoms with Crippen molar-refractivity contribution in [1.29, 1.82) is 5.26 Å². The number of pyridine rings is 1. The van der Waals surface area contributed by atoms with Crippen molar-refractivity contribution in [1.82, 2.24) is 10.3 Å². The standard InChI is InChI=1S/C22H19N3O3S/c23-13-17-10-16-11-19-20(28-9-8-27-19)12-18(16)25-22(17)29-14-21(26)24-7-6-15-4-2-1-3-5-15/h1-5,10-12H,6-9,14H2,(H,24,26). The number of fused-ring (bicyclic) bond motifs is 2. The zero-order valence-electron chi connectivity index (χ0n) is 15.7. The van der Waals surface area contributed by atoms with E-state index in [4.69, 9.17) is 9.47 Å². The van der Waals surface area contributed by atoms with E-state index < -0.39 is 0 Å². The first kappa shape index (κ1) is 19.1. The maximum atomic E-state index is 12.2. The Morgan fingerprint density at radius 1 is 1.14 bits per heavy atom. The van der Waals surface area contributed by atoms with Crippen molar-refractivity contribution in [2.24, 2.45) is 0 Å². The highest BCUT2D eigenvalue weighted by Crippen LogP contribution is 2.35. The van der Waals surface area contributed by atoms with Gasteiger partial charge in [-0.3, -0.25) is 4.79 Å². The highest BCUT2D eigenvalue weighted by molar-refractivity contribution is 8.00. The van der Waals surface area contributed by atoms with Gasteiger partial charge >= 0.3 is 0 Å². The molecule has 0 unspecified atom stereocenters. The van der Waals surface area contributed by atoms with Gasteiger partial charge in [-0.05, 0) is 24.1 Å². The molecule has 0 saturated carbocycles. The van der Waals surface area contributed by atoms with Gasteiger partial charge in [0.2, 0.25) is 5.91 Å². The molecule has 0 bridgehead atoms. The Balaban J connectivity index is 1.41. The van der Waals surface area contributed by atoms with E-state index >= 15 is 0 Å². The van der Waals surface area contributed by atoms with Gasteiger partial charge in [0.25, 0.3) is 0 Å². The maximum Gasteiger partial charge on any atom is 0.230 e. The summed E-state index contributed by atoms with van der Waals surface area (Å²) >= 11 is 1.26. The zero-order chi connectivity index (χ0) is 20.1. The molecule has 0 radical (unpaired) electrons. The van der Waals surface area contributed by atoms with Crippen molar-refractivity contribution in [3.63, 3.8) is 0 Å². The number of carbonyl (C=O) groups is 1. The molecule has 1 amide bonds. The number of benzene rings is 2. The third-order valence-corrected chi connectivity index (χ3v) is 5.47. The highest BCUT2D eigenvalue weighted by atomic mass is 32.2. The first-order valence-corrected chi connectivity index (χ1v) is 10.3. The molecule has 1 aromatic heterocycles. The fraction of sp³-hybridized carbons (Fsp3) is 0.227. The average molecular weight is 405 g/mol. The Labute approximate surface area is 172 Å². The summed E-state index contributed by atoms with van der Waals surface area (Å²) in [7, 11) is 0. The summed E-state index contributed by atoms with van der Waals surface area (Å²) in [4.78, 5) is 16.8. The summed E-state index contributed by atoms with van der Waals surface area (Å²) in [6.45, 7) is 1.58. The second-order valence-electron chi connectivity index (χ2n) is 6.52. The lowest BCUT2D eigenvalue weighted by molar-refractivity contribution is -0.118. The van der Waals surface area contributed by atoms with Crippen LogP contribution in [0, 0.1) is 11.3 Å². The quantitative estimate of drug-likeness (QED) is 0.634. The van der Waals surface area contributed by atoms with Crippen molar-refractivity contribution < 1.29 is 14.3 Å². The number of nitrogens with one attached hydrogen (secondary N) is 1. The summed E-state index contributed by atoms with van der Waals surface area (Å²) < 4.78 is 11.2. The molecule has 0 atom stereocenters. The van der Waals surface area contributed by atoms with Crippen LogP contribution in [-0.2, 0) is 11.2 Å². The zero-order valence-corrected chi connectivity index (χ0v) is 16.5. The first-order chi connectivity index (χ1) is 14.2. The van der Waals surface area contributed by atoms with Crippen LogP contribution in [0.25, 0.3) is 10.9 Å². The Kier molecular flexibility index (Phi) is 5.82. The highest BCUT2D eigenvalue weighted by Gasteiger charge is 2.16. The number of hydrogen-bond donors (Lipinski definition) is 1. The van der Waals surface area contributed by atoms with Gasteiger partial charge in [-0.2, -0.15) is 5.26 Å². The third-order valence-electron chi connectivity index (χ3n) is 4.48. The van der Waals surface area contributed by atoms with Crippen LogP contribution in [0.4, 0.5) is 0 Å². The number of nitrogens with zero attached hydrogens (tertiary/aromatic N) is 2. The molecule has 29 heavy (non-hydrogen) atoms. The molecule has 1 aliphatic rings. The lowest BCUT2D eigenvalue weighted by atomic mass is 10.1. The monoisotopic (exact) mass is 405 g/mol. The lowest BCUT2D eigenvalue weighted by Gasteiger charge is -2.18. The van der Waals surface area contributed by atoms with Crippen LogP contribution in [0.3, 0.4) is 0 Å². The molecule has 1 aliphatic heterocycles. The minimum atomic E-state index is -0.0844.